The van der Waals surface area contributed by atoms with E-state index in [2.05, 4.69) is 28.4 Å². The number of piperazine rings is 1. The van der Waals surface area contributed by atoms with Gasteiger partial charge in [-0.1, -0.05) is 12.1 Å². The molecule has 2 rings (SSSR count). The molecule has 0 spiro atoms. The average molecular weight is 293 g/mol. The van der Waals surface area contributed by atoms with Gasteiger partial charge in [-0.2, -0.15) is 0 Å². The van der Waals surface area contributed by atoms with Crippen molar-refractivity contribution in [3.63, 3.8) is 0 Å². The van der Waals surface area contributed by atoms with Gasteiger partial charge in [0.05, 0.1) is 7.11 Å². The van der Waals surface area contributed by atoms with Gasteiger partial charge in [0.25, 0.3) is 0 Å². The van der Waals surface area contributed by atoms with E-state index >= 15 is 0 Å². The zero-order valence-electron chi connectivity index (χ0n) is 10.7. The van der Waals surface area contributed by atoms with E-state index in [1.807, 2.05) is 6.07 Å². The highest BCUT2D eigenvalue weighted by Crippen LogP contribution is 2.13. The van der Waals surface area contributed by atoms with E-state index in [4.69, 9.17) is 4.74 Å². The Hall–Kier alpha value is -0.480. The molecule has 18 heavy (non-hydrogen) atoms. The van der Waals surface area contributed by atoms with Gasteiger partial charge in [-0.05, 0) is 24.1 Å². The smallest absolute Gasteiger partial charge is 0.119 e. The Balaban J connectivity index is 0.00000144. The third-order valence-corrected chi connectivity index (χ3v) is 3.06. The van der Waals surface area contributed by atoms with Crippen molar-refractivity contribution in [3.05, 3.63) is 29.8 Å². The molecule has 1 saturated heterocycles. The molecule has 1 N–H and O–H groups in total. The lowest BCUT2D eigenvalue weighted by Crippen LogP contribution is -2.44. The summed E-state index contributed by atoms with van der Waals surface area (Å²) in [5.41, 5.74) is 1.36. The predicted molar refractivity (Wildman–Crippen MR) is 80.5 cm³/mol. The maximum Gasteiger partial charge on any atom is 0.119 e. The molecule has 0 amide bonds. The summed E-state index contributed by atoms with van der Waals surface area (Å²) in [6, 6.07) is 8.35. The summed E-state index contributed by atoms with van der Waals surface area (Å²) in [5, 5.41) is 3.37. The molecule has 0 saturated carbocycles. The molecular weight excluding hydrogens is 271 g/mol. The fourth-order valence-corrected chi connectivity index (χ4v) is 2.05. The minimum Gasteiger partial charge on any atom is -0.497 e. The van der Waals surface area contributed by atoms with E-state index < -0.39 is 0 Å². The van der Waals surface area contributed by atoms with Crippen LogP contribution in [0.25, 0.3) is 0 Å². The Labute approximate surface area is 122 Å². The zero-order chi connectivity index (χ0) is 11.2. The van der Waals surface area contributed by atoms with Crippen LogP contribution >= 0.6 is 24.8 Å². The van der Waals surface area contributed by atoms with Gasteiger partial charge in [-0.15, -0.1) is 24.8 Å². The summed E-state index contributed by atoms with van der Waals surface area (Å²) in [6.45, 7) is 5.74. The van der Waals surface area contributed by atoms with Crippen LogP contribution in [0.3, 0.4) is 0 Å². The van der Waals surface area contributed by atoms with Crippen LogP contribution in [-0.2, 0) is 6.42 Å². The molecule has 1 aromatic rings. The van der Waals surface area contributed by atoms with Crippen molar-refractivity contribution in [2.75, 3.05) is 39.8 Å². The summed E-state index contributed by atoms with van der Waals surface area (Å²) in [5.74, 6) is 0.956. The summed E-state index contributed by atoms with van der Waals surface area (Å²) >= 11 is 0. The van der Waals surface area contributed by atoms with Crippen LogP contribution < -0.4 is 10.1 Å². The van der Waals surface area contributed by atoms with Crippen molar-refractivity contribution in [2.45, 2.75) is 6.42 Å². The molecule has 0 unspecified atom stereocenters. The maximum absolute atomic E-state index is 5.22. The first-order valence-electron chi connectivity index (χ1n) is 5.94. The Bertz CT molecular complexity index is 331. The average Bonchev–Trinajstić information content (AvgIpc) is 2.38. The Morgan fingerprint density at radius 1 is 1.22 bits per heavy atom. The Kier molecular flexibility index (Phi) is 9.20. The number of ether oxygens (including phenoxy) is 1. The number of nitrogens with one attached hydrogen (secondary N) is 1. The van der Waals surface area contributed by atoms with Crippen molar-refractivity contribution in [3.8, 4) is 5.75 Å². The normalized spacial score (nSPS) is 15.4. The number of hydrogen-bond donors (Lipinski definition) is 1. The van der Waals surface area contributed by atoms with Crippen LogP contribution in [-0.4, -0.2) is 44.7 Å². The number of halogens is 2. The van der Waals surface area contributed by atoms with Crippen molar-refractivity contribution >= 4 is 24.8 Å². The van der Waals surface area contributed by atoms with Gasteiger partial charge in [0.15, 0.2) is 0 Å². The van der Waals surface area contributed by atoms with E-state index in [9.17, 15) is 0 Å². The third-order valence-electron chi connectivity index (χ3n) is 3.06. The number of hydrogen-bond acceptors (Lipinski definition) is 3. The summed E-state index contributed by atoms with van der Waals surface area (Å²) < 4.78 is 5.22. The Morgan fingerprint density at radius 3 is 2.61 bits per heavy atom. The minimum atomic E-state index is 0. The lowest BCUT2D eigenvalue weighted by molar-refractivity contribution is 0.244. The lowest BCUT2D eigenvalue weighted by Gasteiger charge is -2.27. The largest absolute Gasteiger partial charge is 0.497 e. The molecule has 1 aromatic carbocycles. The molecular formula is C13H22Cl2N2O. The quantitative estimate of drug-likeness (QED) is 0.919. The molecule has 0 aliphatic carbocycles. The molecule has 1 aliphatic rings. The fraction of sp³-hybridized carbons (Fsp3) is 0.538. The van der Waals surface area contributed by atoms with Crippen LogP contribution in [0.4, 0.5) is 0 Å². The van der Waals surface area contributed by atoms with E-state index in [1.54, 1.807) is 7.11 Å². The Morgan fingerprint density at radius 2 is 1.94 bits per heavy atom. The second-order valence-electron chi connectivity index (χ2n) is 4.19. The minimum absolute atomic E-state index is 0. The number of nitrogens with zero attached hydrogens (tertiary/aromatic N) is 1. The summed E-state index contributed by atoms with van der Waals surface area (Å²) in [6.07, 6.45) is 1.11. The number of methoxy groups -OCH3 is 1. The van der Waals surface area contributed by atoms with Crippen molar-refractivity contribution < 1.29 is 4.74 Å². The van der Waals surface area contributed by atoms with Gasteiger partial charge in [-0.25, -0.2) is 0 Å². The van der Waals surface area contributed by atoms with Gasteiger partial charge < -0.3 is 15.0 Å². The van der Waals surface area contributed by atoms with E-state index in [1.165, 1.54) is 18.7 Å². The second kappa shape index (κ2) is 9.45. The second-order valence-corrected chi connectivity index (χ2v) is 4.19. The third kappa shape index (κ3) is 5.44. The maximum atomic E-state index is 5.22. The predicted octanol–water partition coefficient (Wildman–Crippen LogP) is 1.99. The lowest BCUT2D eigenvalue weighted by atomic mass is 10.1. The highest BCUT2D eigenvalue weighted by molar-refractivity contribution is 5.85. The van der Waals surface area contributed by atoms with Crippen LogP contribution in [0.2, 0.25) is 0 Å². The van der Waals surface area contributed by atoms with Gasteiger partial charge in [-0.3, -0.25) is 0 Å². The first-order chi connectivity index (χ1) is 7.88. The van der Waals surface area contributed by atoms with Gasteiger partial charge in [0.2, 0.25) is 0 Å². The van der Waals surface area contributed by atoms with Crippen molar-refractivity contribution in [1.82, 2.24) is 10.2 Å². The molecule has 0 radical (unpaired) electrons. The molecule has 5 heteroatoms. The van der Waals surface area contributed by atoms with Crippen molar-refractivity contribution in [1.29, 1.82) is 0 Å². The van der Waals surface area contributed by atoms with E-state index in [0.717, 1.165) is 31.8 Å². The fourth-order valence-electron chi connectivity index (χ4n) is 2.05. The standard InChI is InChI=1S/C13H20N2O.2ClH/c1-16-13-4-2-3-12(11-13)5-8-15-9-6-14-7-10-15;;/h2-4,11,14H,5-10H2,1H3;2*1H. The molecule has 0 aromatic heterocycles. The topological polar surface area (TPSA) is 24.5 Å². The molecule has 0 atom stereocenters. The highest BCUT2D eigenvalue weighted by Gasteiger charge is 2.08. The van der Waals surface area contributed by atoms with Gasteiger partial charge in [0, 0.05) is 32.7 Å². The molecule has 104 valence electrons. The molecule has 1 fully saturated rings. The summed E-state index contributed by atoms with van der Waals surface area (Å²) in [7, 11) is 1.72. The highest BCUT2D eigenvalue weighted by atomic mass is 35.5. The molecule has 0 bridgehead atoms. The zero-order valence-corrected chi connectivity index (χ0v) is 12.4. The number of rotatable bonds is 4. The SMILES string of the molecule is COc1cccc(CCN2CCNCC2)c1.Cl.Cl. The number of benzene rings is 1. The molecule has 1 aliphatic heterocycles. The van der Waals surface area contributed by atoms with E-state index in [0.29, 0.717) is 0 Å². The monoisotopic (exact) mass is 292 g/mol. The molecule has 1 heterocycles. The van der Waals surface area contributed by atoms with Gasteiger partial charge in [0.1, 0.15) is 5.75 Å². The van der Waals surface area contributed by atoms with Crippen LogP contribution in [0.5, 0.6) is 5.75 Å². The summed E-state index contributed by atoms with van der Waals surface area (Å²) in [4.78, 5) is 2.51. The van der Waals surface area contributed by atoms with Crippen LogP contribution in [0.15, 0.2) is 24.3 Å². The first kappa shape index (κ1) is 17.5. The first-order valence-corrected chi connectivity index (χ1v) is 5.94. The van der Waals surface area contributed by atoms with Crippen LogP contribution in [0, 0.1) is 0 Å². The van der Waals surface area contributed by atoms with Crippen molar-refractivity contribution in [2.24, 2.45) is 0 Å². The molecule has 3 nitrogen and oxygen atoms in total. The van der Waals surface area contributed by atoms with Crippen LogP contribution in [0.1, 0.15) is 5.56 Å². The van der Waals surface area contributed by atoms with Gasteiger partial charge >= 0.3 is 0 Å². The van der Waals surface area contributed by atoms with E-state index in [-0.39, 0.29) is 24.8 Å².